The summed E-state index contributed by atoms with van der Waals surface area (Å²) in [7, 11) is 0. The monoisotopic (exact) mass is 324 g/mol. The SMILES string of the molecule is Cc1ccc(C(O)Cc2ccc(Br)cc2)c(Cl)c1. The molecule has 18 heavy (non-hydrogen) atoms. The Labute approximate surface area is 121 Å². The van der Waals surface area contributed by atoms with Gasteiger partial charge in [0.1, 0.15) is 0 Å². The average Bonchev–Trinajstić information content (AvgIpc) is 2.32. The van der Waals surface area contributed by atoms with Crippen molar-refractivity contribution in [1.82, 2.24) is 0 Å². The van der Waals surface area contributed by atoms with Crippen molar-refractivity contribution in [3.63, 3.8) is 0 Å². The molecule has 2 aromatic rings. The fraction of sp³-hybridized carbons (Fsp3) is 0.200. The molecule has 94 valence electrons. The van der Waals surface area contributed by atoms with Gasteiger partial charge in [-0.1, -0.05) is 51.8 Å². The van der Waals surface area contributed by atoms with Gasteiger partial charge in [0.05, 0.1) is 6.10 Å². The Balaban J connectivity index is 2.16. The van der Waals surface area contributed by atoms with E-state index in [9.17, 15) is 5.11 Å². The van der Waals surface area contributed by atoms with Crippen LogP contribution in [0, 0.1) is 6.92 Å². The maximum atomic E-state index is 10.2. The maximum Gasteiger partial charge on any atom is 0.0844 e. The summed E-state index contributed by atoms with van der Waals surface area (Å²) in [4.78, 5) is 0. The van der Waals surface area contributed by atoms with E-state index >= 15 is 0 Å². The van der Waals surface area contributed by atoms with Crippen LogP contribution >= 0.6 is 27.5 Å². The molecule has 1 N–H and O–H groups in total. The van der Waals surface area contributed by atoms with E-state index in [1.54, 1.807) is 0 Å². The normalized spacial score (nSPS) is 12.4. The standard InChI is InChI=1S/C15H14BrClO/c1-10-2-7-13(14(17)8-10)15(18)9-11-3-5-12(16)6-4-11/h2-8,15,18H,9H2,1H3. The molecule has 0 radical (unpaired) electrons. The molecule has 3 heteroatoms. The molecule has 0 aliphatic heterocycles. The fourth-order valence-electron chi connectivity index (χ4n) is 1.86. The molecule has 2 aromatic carbocycles. The van der Waals surface area contributed by atoms with Gasteiger partial charge in [-0.25, -0.2) is 0 Å². The van der Waals surface area contributed by atoms with Crippen molar-refractivity contribution in [3.05, 3.63) is 68.7 Å². The summed E-state index contributed by atoms with van der Waals surface area (Å²) < 4.78 is 1.04. The van der Waals surface area contributed by atoms with Gasteiger partial charge in [-0.3, -0.25) is 0 Å². The second-order valence-electron chi connectivity index (χ2n) is 4.37. The molecular weight excluding hydrogens is 312 g/mol. The fourth-order valence-corrected chi connectivity index (χ4v) is 2.48. The predicted molar refractivity (Wildman–Crippen MR) is 79.0 cm³/mol. The summed E-state index contributed by atoms with van der Waals surface area (Å²) in [6, 6.07) is 13.7. The molecule has 0 fully saturated rings. The van der Waals surface area contributed by atoms with E-state index < -0.39 is 6.10 Å². The predicted octanol–water partition coefficient (Wildman–Crippen LogP) is 4.69. The van der Waals surface area contributed by atoms with Gasteiger partial charge in [-0.05, 0) is 41.8 Å². The third-order valence-corrected chi connectivity index (χ3v) is 3.71. The zero-order valence-electron chi connectivity index (χ0n) is 10.0. The van der Waals surface area contributed by atoms with Crippen molar-refractivity contribution in [2.75, 3.05) is 0 Å². The first kappa shape index (κ1) is 13.6. The zero-order valence-corrected chi connectivity index (χ0v) is 12.4. The lowest BCUT2D eigenvalue weighted by Crippen LogP contribution is -2.02. The second kappa shape index (κ2) is 5.87. The van der Waals surface area contributed by atoms with Crippen molar-refractivity contribution in [1.29, 1.82) is 0 Å². The third kappa shape index (κ3) is 3.35. The lowest BCUT2D eigenvalue weighted by Gasteiger charge is -2.13. The molecule has 0 saturated heterocycles. The molecule has 1 atom stereocenters. The molecule has 0 aliphatic carbocycles. The maximum absolute atomic E-state index is 10.2. The molecule has 1 unspecified atom stereocenters. The summed E-state index contributed by atoms with van der Waals surface area (Å²) in [6.07, 6.45) is -0.00458. The smallest absolute Gasteiger partial charge is 0.0844 e. The van der Waals surface area contributed by atoms with Crippen molar-refractivity contribution >= 4 is 27.5 Å². The minimum Gasteiger partial charge on any atom is -0.388 e. The van der Waals surface area contributed by atoms with Crippen LogP contribution in [0.15, 0.2) is 46.9 Å². The van der Waals surface area contributed by atoms with Crippen LogP contribution in [-0.4, -0.2) is 5.11 Å². The van der Waals surface area contributed by atoms with Crippen molar-refractivity contribution in [2.45, 2.75) is 19.4 Å². The van der Waals surface area contributed by atoms with Gasteiger partial charge in [0.25, 0.3) is 0 Å². The highest BCUT2D eigenvalue weighted by Crippen LogP contribution is 2.27. The van der Waals surface area contributed by atoms with Gasteiger partial charge in [-0.2, -0.15) is 0 Å². The minimum atomic E-state index is -0.570. The van der Waals surface area contributed by atoms with E-state index in [0.717, 1.165) is 21.2 Å². The van der Waals surface area contributed by atoms with Crippen LogP contribution in [0.25, 0.3) is 0 Å². The topological polar surface area (TPSA) is 20.2 Å². The molecule has 1 nitrogen and oxygen atoms in total. The van der Waals surface area contributed by atoms with Crippen molar-refractivity contribution in [3.8, 4) is 0 Å². The van der Waals surface area contributed by atoms with E-state index in [-0.39, 0.29) is 0 Å². The first-order valence-corrected chi connectivity index (χ1v) is 6.92. The highest BCUT2D eigenvalue weighted by atomic mass is 79.9. The second-order valence-corrected chi connectivity index (χ2v) is 5.69. The largest absolute Gasteiger partial charge is 0.388 e. The number of halogens is 2. The Kier molecular flexibility index (Phi) is 4.44. The molecule has 0 aromatic heterocycles. The van der Waals surface area contributed by atoms with E-state index in [1.807, 2.05) is 49.4 Å². The van der Waals surface area contributed by atoms with Gasteiger partial charge >= 0.3 is 0 Å². The lowest BCUT2D eigenvalue weighted by molar-refractivity contribution is 0.178. The first-order chi connectivity index (χ1) is 8.56. The van der Waals surface area contributed by atoms with E-state index in [1.165, 1.54) is 0 Å². The Morgan fingerprint density at radius 2 is 1.83 bits per heavy atom. The van der Waals surface area contributed by atoms with Crippen LogP contribution in [0.4, 0.5) is 0 Å². The van der Waals surface area contributed by atoms with Gasteiger partial charge in [0, 0.05) is 15.9 Å². The van der Waals surface area contributed by atoms with Crippen molar-refractivity contribution in [2.24, 2.45) is 0 Å². The molecule has 0 bridgehead atoms. The van der Waals surface area contributed by atoms with E-state index in [0.29, 0.717) is 11.4 Å². The molecule has 0 amide bonds. The van der Waals surface area contributed by atoms with Crippen LogP contribution in [0.3, 0.4) is 0 Å². The quantitative estimate of drug-likeness (QED) is 0.868. The van der Waals surface area contributed by atoms with Crippen LogP contribution in [0.1, 0.15) is 22.8 Å². The molecule has 0 saturated carbocycles. The van der Waals surface area contributed by atoms with Crippen molar-refractivity contribution < 1.29 is 5.11 Å². The summed E-state index contributed by atoms with van der Waals surface area (Å²) in [5.74, 6) is 0. The van der Waals surface area contributed by atoms with Gasteiger partial charge in [-0.15, -0.1) is 0 Å². The molecular formula is C15H14BrClO. The molecule has 0 spiro atoms. The first-order valence-electron chi connectivity index (χ1n) is 5.75. The Morgan fingerprint density at radius 1 is 1.17 bits per heavy atom. The summed E-state index contributed by atoms with van der Waals surface area (Å²) >= 11 is 9.54. The van der Waals surface area contributed by atoms with Crippen LogP contribution in [-0.2, 0) is 6.42 Å². The number of aliphatic hydroxyl groups is 1. The van der Waals surface area contributed by atoms with E-state index in [4.69, 9.17) is 11.6 Å². The summed E-state index contributed by atoms with van der Waals surface area (Å²) in [5.41, 5.74) is 2.96. The third-order valence-electron chi connectivity index (χ3n) is 2.86. The molecule has 0 aliphatic rings. The number of hydrogen-bond acceptors (Lipinski definition) is 1. The Bertz CT molecular complexity index is 537. The van der Waals surface area contributed by atoms with Crippen LogP contribution in [0.5, 0.6) is 0 Å². The van der Waals surface area contributed by atoms with Gasteiger partial charge in [0.2, 0.25) is 0 Å². The highest BCUT2D eigenvalue weighted by molar-refractivity contribution is 9.10. The number of rotatable bonds is 3. The Hall–Kier alpha value is -0.830. The zero-order chi connectivity index (χ0) is 13.1. The van der Waals surface area contributed by atoms with Gasteiger partial charge in [0.15, 0.2) is 0 Å². The number of benzene rings is 2. The number of aliphatic hydroxyl groups excluding tert-OH is 1. The number of hydrogen-bond donors (Lipinski definition) is 1. The highest BCUT2D eigenvalue weighted by Gasteiger charge is 2.12. The summed E-state index contributed by atoms with van der Waals surface area (Å²) in [6.45, 7) is 1.98. The van der Waals surface area contributed by atoms with Crippen LogP contribution in [0.2, 0.25) is 5.02 Å². The average molecular weight is 326 g/mol. The lowest BCUT2D eigenvalue weighted by atomic mass is 10.0. The Morgan fingerprint density at radius 3 is 2.44 bits per heavy atom. The number of aryl methyl sites for hydroxylation is 1. The minimum absolute atomic E-state index is 0.566. The summed E-state index contributed by atoms with van der Waals surface area (Å²) in [5, 5.41) is 10.8. The van der Waals surface area contributed by atoms with E-state index in [2.05, 4.69) is 15.9 Å². The molecule has 2 rings (SSSR count). The van der Waals surface area contributed by atoms with Gasteiger partial charge < -0.3 is 5.11 Å². The van der Waals surface area contributed by atoms with Crippen LogP contribution < -0.4 is 0 Å². The molecule has 0 heterocycles.